The van der Waals surface area contributed by atoms with E-state index in [4.69, 9.17) is 0 Å². The summed E-state index contributed by atoms with van der Waals surface area (Å²) in [4.78, 5) is 16.9. The first-order chi connectivity index (χ1) is 12.7. The van der Waals surface area contributed by atoms with Crippen molar-refractivity contribution in [2.45, 2.75) is 38.8 Å². The first kappa shape index (κ1) is 16.8. The fraction of sp³-hybridized carbons (Fsp3) is 0.333. The average molecular weight is 351 g/mol. The summed E-state index contributed by atoms with van der Waals surface area (Å²) >= 11 is 0. The number of fused-ring (bicyclic) bond motifs is 1. The molecule has 1 atom stereocenters. The summed E-state index contributed by atoms with van der Waals surface area (Å²) < 4.78 is 15.5. The van der Waals surface area contributed by atoms with Gasteiger partial charge in [0.05, 0.1) is 17.8 Å². The van der Waals surface area contributed by atoms with E-state index in [0.717, 1.165) is 47.8 Å². The minimum absolute atomic E-state index is 0.0806. The molecule has 1 aliphatic carbocycles. The van der Waals surface area contributed by atoms with Crippen LogP contribution >= 0.6 is 0 Å². The van der Waals surface area contributed by atoms with E-state index in [2.05, 4.69) is 28.0 Å². The number of carbonyl (C=O) groups excluding carboxylic acids is 1. The number of nitrogens with zero attached hydrogens (tertiary/aromatic N) is 2. The molecule has 1 amide bonds. The van der Waals surface area contributed by atoms with Crippen LogP contribution in [0, 0.1) is 11.7 Å². The number of pyridine rings is 1. The molecule has 1 saturated carbocycles. The molecule has 4 rings (SSSR count). The number of carbonyl (C=O) groups is 1. The van der Waals surface area contributed by atoms with Gasteiger partial charge in [0.25, 0.3) is 0 Å². The van der Waals surface area contributed by atoms with Gasteiger partial charge in [0.1, 0.15) is 5.82 Å². The molecule has 1 N–H and O–H groups in total. The molecule has 1 aliphatic rings. The van der Waals surface area contributed by atoms with E-state index in [1.54, 1.807) is 18.3 Å². The van der Waals surface area contributed by atoms with Crippen LogP contribution in [-0.2, 0) is 11.3 Å². The van der Waals surface area contributed by atoms with Crippen molar-refractivity contribution in [3.63, 3.8) is 0 Å². The molecular formula is C21H22FN3O. The average Bonchev–Trinajstić information content (AvgIpc) is 2.98. The molecule has 0 spiro atoms. The maximum absolute atomic E-state index is 13.4. The van der Waals surface area contributed by atoms with E-state index >= 15 is 0 Å². The van der Waals surface area contributed by atoms with Crippen LogP contribution in [0.25, 0.3) is 10.9 Å². The first-order valence-corrected chi connectivity index (χ1v) is 9.16. The molecular weight excluding hydrogens is 329 g/mol. The van der Waals surface area contributed by atoms with Crippen molar-refractivity contribution >= 4 is 16.8 Å². The van der Waals surface area contributed by atoms with Crippen LogP contribution in [0.4, 0.5) is 4.39 Å². The van der Waals surface area contributed by atoms with Crippen LogP contribution in [0.1, 0.15) is 43.4 Å². The SMILES string of the molecule is CCn1cc(C(NC(=O)C2CCC2)c2ccc(F)cc2)c2ccncc21. The molecule has 2 aromatic heterocycles. The minimum Gasteiger partial charge on any atom is -0.346 e. The number of nitrogens with one attached hydrogen (secondary N) is 1. The van der Waals surface area contributed by atoms with Crippen molar-refractivity contribution in [3.8, 4) is 0 Å². The summed E-state index contributed by atoms with van der Waals surface area (Å²) in [6, 6.07) is 8.05. The Bertz CT molecular complexity index is 928. The maximum Gasteiger partial charge on any atom is 0.223 e. The number of aryl methyl sites for hydroxylation is 1. The van der Waals surface area contributed by atoms with Crippen LogP contribution < -0.4 is 5.32 Å². The Labute approximate surface area is 152 Å². The standard InChI is InChI=1S/C21H22FN3O/c1-2-25-13-18(17-10-11-23-12-19(17)25)20(14-6-8-16(22)9-7-14)24-21(26)15-4-3-5-15/h6-13,15,20H,2-5H2,1H3,(H,24,26). The monoisotopic (exact) mass is 351 g/mol. The Hall–Kier alpha value is -2.69. The normalized spacial score (nSPS) is 15.6. The molecule has 0 bridgehead atoms. The predicted octanol–water partition coefficient (Wildman–Crippen LogP) is 4.20. The lowest BCUT2D eigenvalue weighted by Gasteiger charge is -2.27. The second-order valence-corrected chi connectivity index (χ2v) is 6.88. The van der Waals surface area contributed by atoms with Gasteiger partial charge < -0.3 is 9.88 Å². The van der Waals surface area contributed by atoms with Gasteiger partial charge in [-0.25, -0.2) is 4.39 Å². The zero-order valence-corrected chi connectivity index (χ0v) is 14.8. The molecule has 0 saturated heterocycles. The Balaban J connectivity index is 1.79. The lowest BCUT2D eigenvalue weighted by molar-refractivity contribution is -0.127. The van der Waals surface area contributed by atoms with Gasteiger partial charge in [-0.1, -0.05) is 18.6 Å². The Morgan fingerprint density at radius 1 is 1.31 bits per heavy atom. The number of benzene rings is 1. The number of hydrogen-bond acceptors (Lipinski definition) is 2. The smallest absolute Gasteiger partial charge is 0.223 e. The topological polar surface area (TPSA) is 46.9 Å². The fourth-order valence-electron chi connectivity index (χ4n) is 3.58. The van der Waals surface area contributed by atoms with Gasteiger partial charge in [-0.3, -0.25) is 9.78 Å². The van der Waals surface area contributed by atoms with Gasteiger partial charge in [0.15, 0.2) is 0 Å². The van der Waals surface area contributed by atoms with Crippen LogP contribution in [0.3, 0.4) is 0 Å². The highest BCUT2D eigenvalue weighted by Crippen LogP contribution is 2.33. The Morgan fingerprint density at radius 3 is 2.73 bits per heavy atom. The highest BCUT2D eigenvalue weighted by atomic mass is 19.1. The molecule has 26 heavy (non-hydrogen) atoms. The molecule has 2 heterocycles. The number of aromatic nitrogens is 2. The van der Waals surface area contributed by atoms with E-state index in [1.807, 2.05) is 12.3 Å². The molecule has 1 fully saturated rings. The summed E-state index contributed by atoms with van der Waals surface area (Å²) in [6.45, 7) is 2.89. The molecule has 0 radical (unpaired) electrons. The third-order valence-corrected chi connectivity index (χ3v) is 5.33. The Morgan fingerprint density at radius 2 is 2.08 bits per heavy atom. The molecule has 134 valence electrons. The molecule has 5 heteroatoms. The van der Waals surface area contributed by atoms with Crippen molar-refractivity contribution in [1.82, 2.24) is 14.9 Å². The lowest BCUT2D eigenvalue weighted by Crippen LogP contribution is -2.37. The fourth-order valence-corrected chi connectivity index (χ4v) is 3.58. The summed E-state index contributed by atoms with van der Waals surface area (Å²) in [5.41, 5.74) is 2.93. The highest BCUT2D eigenvalue weighted by Gasteiger charge is 2.29. The van der Waals surface area contributed by atoms with E-state index < -0.39 is 0 Å². The van der Waals surface area contributed by atoms with Gasteiger partial charge >= 0.3 is 0 Å². The van der Waals surface area contributed by atoms with Crippen molar-refractivity contribution in [1.29, 1.82) is 0 Å². The van der Waals surface area contributed by atoms with E-state index in [-0.39, 0.29) is 23.7 Å². The lowest BCUT2D eigenvalue weighted by atomic mass is 9.84. The molecule has 4 nitrogen and oxygen atoms in total. The van der Waals surface area contributed by atoms with Gasteiger partial charge in [-0.05, 0) is 43.5 Å². The van der Waals surface area contributed by atoms with Gasteiger partial charge in [-0.2, -0.15) is 0 Å². The largest absolute Gasteiger partial charge is 0.346 e. The van der Waals surface area contributed by atoms with Gasteiger partial charge in [0.2, 0.25) is 5.91 Å². The molecule has 1 aromatic carbocycles. The number of rotatable bonds is 5. The van der Waals surface area contributed by atoms with Gasteiger partial charge in [-0.15, -0.1) is 0 Å². The van der Waals surface area contributed by atoms with Crippen molar-refractivity contribution in [3.05, 3.63) is 65.9 Å². The molecule has 0 aliphatic heterocycles. The first-order valence-electron chi connectivity index (χ1n) is 9.16. The third kappa shape index (κ3) is 2.98. The van der Waals surface area contributed by atoms with Crippen LogP contribution in [0.5, 0.6) is 0 Å². The van der Waals surface area contributed by atoms with E-state index in [1.165, 1.54) is 12.1 Å². The number of hydrogen-bond donors (Lipinski definition) is 1. The van der Waals surface area contributed by atoms with Crippen molar-refractivity contribution < 1.29 is 9.18 Å². The number of halogens is 1. The maximum atomic E-state index is 13.4. The Kier molecular flexibility index (Phi) is 4.45. The predicted molar refractivity (Wildman–Crippen MR) is 99.1 cm³/mol. The van der Waals surface area contributed by atoms with Crippen LogP contribution in [-0.4, -0.2) is 15.5 Å². The van der Waals surface area contributed by atoms with E-state index in [9.17, 15) is 9.18 Å². The second-order valence-electron chi connectivity index (χ2n) is 6.88. The second kappa shape index (κ2) is 6.90. The van der Waals surface area contributed by atoms with Gasteiger partial charge in [0, 0.05) is 35.8 Å². The molecule has 3 aromatic rings. The van der Waals surface area contributed by atoms with E-state index in [0.29, 0.717) is 0 Å². The summed E-state index contributed by atoms with van der Waals surface area (Å²) in [5, 5.41) is 4.27. The van der Waals surface area contributed by atoms with Crippen molar-refractivity contribution in [2.75, 3.05) is 0 Å². The summed E-state index contributed by atoms with van der Waals surface area (Å²) in [7, 11) is 0. The minimum atomic E-state index is -0.304. The quantitative estimate of drug-likeness (QED) is 0.749. The summed E-state index contributed by atoms with van der Waals surface area (Å²) in [6.07, 6.45) is 8.69. The number of amides is 1. The zero-order valence-electron chi connectivity index (χ0n) is 14.8. The summed E-state index contributed by atoms with van der Waals surface area (Å²) in [5.74, 6) is -0.103. The molecule has 1 unspecified atom stereocenters. The van der Waals surface area contributed by atoms with Crippen molar-refractivity contribution in [2.24, 2.45) is 5.92 Å². The third-order valence-electron chi connectivity index (χ3n) is 5.33. The highest BCUT2D eigenvalue weighted by molar-refractivity contribution is 5.86. The van der Waals surface area contributed by atoms with Crippen LogP contribution in [0.2, 0.25) is 0 Å². The zero-order chi connectivity index (χ0) is 18.1. The van der Waals surface area contributed by atoms with Crippen LogP contribution in [0.15, 0.2) is 48.9 Å².